The lowest BCUT2D eigenvalue weighted by Gasteiger charge is -2.08. The molecule has 0 aliphatic heterocycles. The van der Waals surface area contributed by atoms with Gasteiger partial charge in [-0.05, 0) is 12.8 Å². The molecule has 0 aliphatic carbocycles. The molecule has 7 heteroatoms. The van der Waals surface area contributed by atoms with Crippen LogP contribution in [0.3, 0.4) is 0 Å². The van der Waals surface area contributed by atoms with Gasteiger partial charge in [0.1, 0.15) is 0 Å². The van der Waals surface area contributed by atoms with Gasteiger partial charge in [0.15, 0.2) is 0 Å². The van der Waals surface area contributed by atoms with E-state index in [9.17, 15) is 0 Å². The van der Waals surface area contributed by atoms with Crippen LogP contribution in [0.15, 0.2) is 4.99 Å². The van der Waals surface area contributed by atoms with E-state index in [-0.39, 0.29) is 0 Å². The van der Waals surface area contributed by atoms with E-state index < -0.39 is 0 Å². The molecule has 0 radical (unpaired) electrons. The third-order valence-electron chi connectivity index (χ3n) is 2.13. The minimum atomic E-state index is 0.590. The highest BCUT2D eigenvalue weighted by Gasteiger charge is 1.94. The van der Waals surface area contributed by atoms with Crippen LogP contribution in [0.2, 0.25) is 0 Å². The van der Waals surface area contributed by atoms with E-state index in [0.29, 0.717) is 38.9 Å². The number of nitrogens with zero attached hydrogens (tertiary/aromatic N) is 1. The number of aliphatic imine (C=N–C) groups is 1. The van der Waals surface area contributed by atoms with Crippen molar-refractivity contribution in [3.63, 3.8) is 0 Å². The van der Waals surface area contributed by atoms with Crippen molar-refractivity contribution in [3.8, 4) is 0 Å². The first-order chi connectivity index (χ1) is 8.85. The van der Waals surface area contributed by atoms with Crippen LogP contribution in [0.4, 0.5) is 0 Å². The highest BCUT2D eigenvalue weighted by Crippen LogP contribution is 1.91. The van der Waals surface area contributed by atoms with Crippen molar-refractivity contribution >= 4 is 5.96 Å². The number of guanidine groups is 1. The molecule has 4 N–H and O–H groups in total. The molecule has 108 valence electrons. The predicted molar refractivity (Wildman–Crippen MR) is 71.4 cm³/mol. The second-order valence-electron chi connectivity index (χ2n) is 3.61. The van der Waals surface area contributed by atoms with Crippen molar-refractivity contribution in [2.75, 3.05) is 53.7 Å². The van der Waals surface area contributed by atoms with Gasteiger partial charge in [-0.1, -0.05) is 0 Å². The summed E-state index contributed by atoms with van der Waals surface area (Å²) in [6.45, 7) is 4.04. The molecule has 0 saturated heterocycles. The lowest BCUT2D eigenvalue weighted by atomic mass is 10.3. The molecular weight excluding hydrogens is 236 g/mol. The zero-order chi connectivity index (χ0) is 13.5. The van der Waals surface area contributed by atoms with Gasteiger partial charge in [0.05, 0.1) is 19.8 Å². The molecule has 0 aromatic carbocycles. The second kappa shape index (κ2) is 14.2. The maximum Gasteiger partial charge on any atom is 0.205 e. The molecule has 0 aromatic rings. The van der Waals surface area contributed by atoms with E-state index in [0.717, 1.165) is 19.4 Å². The number of methoxy groups -OCH3 is 2. The molecular formula is C11H26N4O3. The molecule has 0 fully saturated rings. The molecule has 7 nitrogen and oxygen atoms in total. The van der Waals surface area contributed by atoms with Crippen molar-refractivity contribution in [3.05, 3.63) is 0 Å². The van der Waals surface area contributed by atoms with Crippen molar-refractivity contribution in [2.24, 2.45) is 10.8 Å². The molecule has 0 heterocycles. The van der Waals surface area contributed by atoms with Crippen LogP contribution >= 0.6 is 0 Å². The number of rotatable bonds is 11. The lowest BCUT2D eigenvalue weighted by Crippen LogP contribution is -2.42. The second-order valence-corrected chi connectivity index (χ2v) is 3.61. The highest BCUT2D eigenvalue weighted by molar-refractivity contribution is 5.79. The average Bonchev–Trinajstić information content (AvgIpc) is 2.40. The van der Waals surface area contributed by atoms with Gasteiger partial charge < -0.3 is 19.5 Å². The lowest BCUT2D eigenvalue weighted by molar-refractivity contribution is 0.0690. The van der Waals surface area contributed by atoms with E-state index in [4.69, 9.17) is 20.1 Å². The number of hydrogen-bond donors (Lipinski definition) is 3. The number of hydrazine groups is 1. The minimum absolute atomic E-state index is 0.590. The third-order valence-corrected chi connectivity index (χ3v) is 2.13. The standard InChI is InChI=1S/C11H26N4O3/c1-16-8-6-14-11(15-12)13-5-3-4-7-18-10-9-17-2/h3-10,12H2,1-2H3,(H2,13,14,15). The fourth-order valence-corrected chi connectivity index (χ4v) is 1.18. The Hall–Kier alpha value is -0.890. The summed E-state index contributed by atoms with van der Waals surface area (Å²) in [4.78, 5) is 4.28. The number of hydrogen-bond acceptors (Lipinski definition) is 5. The largest absolute Gasteiger partial charge is 0.383 e. The monoisotopic (exact) mass is 262 g/mol. The van der Waals surface area contributed by atoms with Gasteiger partial charge in [-0.3, -0.25) is 10.4 Å². The van der Waals surface area contributed by atoms with Crippen molar-refractivity contribution in [2.45, 2.75) is 12.8 Å². The highest BCUT2D eigenvalue weighted by atomic mass is 16.5. The van der Waals surface area contributed by atoms with Gasteiger partial charge >= 0.3 is 0 Å². The van der Waals surface area contributed by atoms with Gasteiger partial charge in [0.2, 0.25) is 5.96 Å². The van der Waals surface area contributed by atoms with Crippen LogP contribution in [0.1, 0.15) is 12.8 Å². The van der Waals surface area contributed by atoms with Gasteiger partial charge in [0, 0.05) is 33.9 Å². The summed E-state index contributed by atoms with van der Waals surface area (Å²) in [5.74, 6) is 5.92. The number of ether oxygens (including phenoxy) is 3. The van der Waals surface area contributed by atoms with Crippen LogP contribution in [0.25, 0.3) is 0 Å². The van der Waals surface area contributed by atoms with E-state index in [2.05, 4.69) is 15.7 Å². The van der Waals surface area contributed by atoms with Crippen molar-refractivity contribution < 1.29 is 14.2 Å². The quantitative estimate of drug-likeness (QED) is 0.153. The number of nitrogens with one attached hydrogen (secondary N) is 2. The first kappa shape index (κ1) is 17.1. The van der Waals surface area contributed by atoms with Gasteiger partial charge in [0.25, 0.3) is 0 Å². The minimum Gasteiger partial charge on any atom is -0.383 e. The summed E-state index contributed by atoms with van der Waals surface area (Å²) in [5, 5.41) is 3.03. The summed E-state index contributed by atoms with van der Waals surface area (Å²) in [6.07, 6.45) is 1.94. The molecule has 0 rings (SSSR count). The molecule has 0 amide bonds. The van der Waals surface area contributed by atoms with Gasteiger partial charge in [-0.2, -0.15) is 0 Å². The molecule has 0 aromatic heterocycles. The Morgan fingerprint density at radius 3 is 2.50 bits per heavy atom. The van der Waals surface area contributed by atoms with Crippen LogP contribution < -0.4 is 16.6 Å². The fraction of sp³-hybridized carbons (Fsp3) is 0.909. The molecule has 0 bridgehead atoms. The fourth-order valence-electron chi connectivity index (χ4n) is 1.18. The first-order valence-electron chi connectivity index (χ1n) is 6.15. The Morgan fingerprint density at radius 2 is 1.83 bits per heavy atom. The smallest absolute Gasteiger partial charge is 0.205 e. The summed E-state index contributed by atoms with van der Waals surface area (Å²) < 4.78 is 15.1. The first-order valence-corrected chi connectivity index (χ1v) is 6.15. The van der Waals surface area contributed by atoms with E-state index in [1.54, 1.807) is 14.2 Å². The Morgan fingerprint density at radius 1 is 1.06 bits per heavy atom. The van der Waals surface area contributed by atoms with Crippen molar-refractivity contribution in [1.82, 2.24) is 10.7 Å². The van der Waals surface area contributed by atoms with Crippen LogP contribution in [0.5, 0.6) is 0 Å². The van der Waals surface area contributed by atoms with Crippen LogP contribution in [-0.4, -0.2) is 59.7 Å². The molecule has 0 atom stereocenters. The summed E-state index contributed by atoms with van der Waals surface area (Å²) >= 11 is 0. The number of nitrogens with two attached hydrogens (primary N) is 1. The maximum absolute atomic E-state index is 5.34. The summed E-state index contributed by atoms with van der Waals surface area (Å²) in [7, 11) is 3.31. The summed E-state index contributed by atoms with van der Waals surface area (Å²) in [6, 6.07) is 0. The Bertz CT molecular complexity index is 203. The molecule has 0 saturated carbocycles. The average molecular weight is 262 g/mol. The summed E-state index contributed by atoms with van der Waals surface area (Å²) in [5.41, 5.74) is 2.52. The SMILES string of the molecule is COCCNC(=NCCCCOCCOC)NN. The van der Waals surface area contributed by atoms with E-state index >= 15 is 0 Å². The Kier molecular flexibility index (Phi) is 13.5. The molecule has 0 spiro atoms. The Balaban J connectivity index is 3.40. The van der Waals surface area contributed by atoms with Crippen LogP contribution in [-0.2, 0) is 14.2 Å². The van der Waals surface area contributed by atoms with Crippen LogP contribution in [0, 0.1) is 0 Å². The normalized spacial score (nSPS) is 11.6. The van der Waals surface area contributed by atoms with Crippen molar-refractivity contribution in [1.29, 1.82) is 0 Å². The Labute approximate surface area is 109 Å². The predicted octanol–water partition coefficient (Wildman–Crippen LogP) is -0.515. The third kappa shape index (κ3) is 11.6. The zero-order valence-corrected chi connectivity index (χ0v) is 11.4. The van der Waals surface area contributed by atoms with Gasteiger partial charge in [-0.25, -0.2) is 5.84 Å². The molecule has 18 heavy (non-hydrogen) atoms. The van der Waals surface area contributed by atoms with E-state index in [1.165, 1.54) is 0 Å². The molecule has 0 unspecified atom stereocenters. The van der Waals surface area contributed by atoms with Gasteiger partial charge in [-0.15, -0.1) is 0 Å². The zero-order valence-electron chi connectivity index (χ0n) is 11.4. The number of unbranched alkanes of at least 4 members (excludes halogenated alkanes) is 1. The molecule has 0 aliphatic rings. The maximum atomic E-state index is 5.34. The topological polar surface area (TPSA) is 90.1 Å². The van der Waals surface area contributed by atoms with E-state index in [1.807, 2.05) is 0 Å².